The molecule has 110 valence electrons. The van der Waals surface area contributed by atoms with Crippen molar-refractivity contribution < 1.29 is 9.90 Å². The molecule has 3 N–H and O–H groups in total. The lowest BCUT2D eigenvalue weighted by Crippen LogP contribution is -2.24. The number of amides is 1. The van der Waals surface area contributed by atoms with E-state index in [-0.39, 0.29) is 5.91 Å². The molecular weight excluding hydrogens is 266 g/mol. The average molecular weight is 285 g/mol. The number of hydrogen-bond acceptors (Lipinski definition) is 4. The molecule has 0 saturated heterocycles. The number of carbonyl (C=O) groups excluding carboxylic acids is 1. The second-order valence-corrected chi connectivity index (χ2v) is 4.83. The van der Waals surface area contributed by atoms with Crippen LogP contribution >= 0.6 is 0 Å². The molecule has 5 nitrogen and oxygen atoms in total. The zero-order chi connectivity index (χ0) is 15.1. The second kappa shape index (κ2) is 7.40. The van der Waals surface area contributed by atoms with Crippen LogP contribution in [0, 0.1) is 0 Å². The summed E-state index contributed by atoms with van der Waals surface area (Å²) in [6.07, 6.45) is 1.12. The number of carbonyl (C=O) groups is 1. The Labute approximate surface area is 124 Å². The van der Waals surface area contributed by atoms with Gasteiger partial charge in [-0.1, -0.05) is 30.3 Å². The molecule has 0 aliphatic rings. The molecule has 5 heteroatoms. The fraction of sp³-hybridized carbons (Fsp3) is 0.250. The van der Waals surface area contributed by atoms with E-state index in [9.17, 15) is 9.90 Å². The van der Waals surface area contributed by atoms with Gasteiger partial charge in [-0.25, -0.2) is 0 Å². The highest BCUT2D eigenvalue weighted by Gasteiger charge is 2.08. The van der Waals surface area contributed by atoms with Gasteiger partial charge in [-0.05, 0) is 24.6 Å². The zero-order valence-corrected chi connectivity index (χ0v) is 11.9. The first kappa shape index (κ1) is 15.0. The summed E-state index contributed by atoms with van der Waals surface area (Å²) in [5, 5.41) is 15.1. The normalized spacial score (nSPS) is 11.7. The smallest absolute Gasteiger partial charge is 0.270 e. The van der Waals surface area contributed by atoms with Crippen molar-refractivity contribution in [1.29, 1.82) is 0 Å². The molecule has 21 heavy (non-hydrogen) atoms. The van der Waals surface area contributed by atoms with E-state index >= 15 is 0 Å². The summed E-state index contributed by atoms with van der Waals surface area (Å²) in [6.45, 7) is 2.59. The van der Waals surface area contributed by atoms with Crippen molar-refractivity contribution in [2.45, 2.75) is 19.6 Å². The summed E-state index contributed by atoms with van der Waals surface area (Å²) in [5.74, 6) is -0.223. The van der Waals surface area contributed by atoms with Gasteiger partial charge < -0.3 is 15.7 Å². The molecule has 0 fully saturated rings. The van der Waals surface area contributed by atoms with Crippen LogP contribution in [0.4, 0.5) is 5.69 Å². The van der Waals surface area contributed by atoms with Crippen LogP contribution in [0.5, 0.6) is 0 Å². The van der Waals surface area contributed by atoms with E-state index in [0.29, 0.717) is 18.8 Å². The maximum absolute atomic E-state index is 12.1. The number of nitrogens with one attached hydrogen (secondary N) is 2. The van der Waals surface area contributed by atoms with Gasteiger partial charge in [-0.15, -0.1) is 0 Å². The predicted octanol–water partition coefficient (Wildman–Crippen LogP) is 1.80. The second-order valence-electron chi connectivity index (χ2n) is 4.83. The number of anilines is 1. The van der Waals surface area contributed by atoms with Gasteiger partial charge in [0.05, 0.1) is 6.10 Å². The number of aromatic nitrogens is 1. The molecule has 0 bridgehead atoms. The summed E-state index contributed by atoms with van der Waals surface area (Å²) in [6, 6.07) is 13.1. The molecule has 2 aromatic rings. The maximum atomic E-state index is 12.1. The highest BCUT2D eigenvalue weighted by Crippen LogP contribution is 2.08. The Morgan fingerprint density at radius 2 is 2.05 bits per heavy atom. The summed E-state index contributed by atoms with van der Waals surface area (Å²) in [5.41, 5.74) is 2.14. The SMILES string of the molecule is C[C@H](O)CNc1ccnc(C(=O)NCc2ccccc2)c1. The van der Waals surface area contributed by atoms with Crippen molar-refractivity contribution in [2.24, 2.45) is 0 Å². The molecule has 0 aliphatic carbocycles. The fourth-order valence-corrected chi connectivity index (χ4v) is 1.80. The Morgan fingerprint density at radius 3 is 2.76 bits per heavy atom. The first-order chi connectivity index (χ1) is 10.1. The summed E-state index contributed by atoms with van der Waals surface area (Å²) >= 11 is 0. The van der Waals surface area contributed by atoms with E-state index in [2.05, 4.69) is 15.6 Å². The summed E-state index contributed by atoms with van der Waals surface area (Å²) in [4.78, 5) is 16.1. The van der Waals surface area contributed by atoms with Gasteiger partial charge in [-0.3, -0.25) is 9.78 Å². The molecule has 0 aliphatic heterocycles. The molecule has 0 saturated carbocycles. The Morgan fingerprint density at radius 1 is 1.29 bits per heavy atom. The van der Waals surface area contributed by atoms with E-state index in [1.807, 2.05) is 30.3 Å². The van der Waals surface area contributed by atoms with Crippen LogP contribution in [-0.2, 0) is 6.54 Å². The van der Waals surface area contributed by atoms with Crippen molar-refractivity contribution in [1.82, 2.24) is 10.3 Å². The number of nitrogens with zero attached hydrogens (tertiary/aromatic N) is 1. The summed E-state index contributed by atoms with van der Waals surface area (Å²) in [7, 11) is 0. The summed E-state index contributed by atoms with van der Waals surface area (Å²) < 4.78 is 0. The van der Waals surface area contributed by atoms with Gasteiger partial charge in [0, 0.05) is 25.0 Å². The zero-order valence-electron chi connectivity index (χ0n) is 11.9. The maximum Gasteiger partial charge on any atom is 0.270 e. The quantitative estimate of drug-likeness (QED) is 0.756. The molecule has 1 amide bonds. The first-order valence-electron chi connectivity index (χ1n) is 6.85. The van der Waals surface area contributed by atoms with Crippen LogP contribution in [0.2, 0.25) is 0 Å². The minimum atomic E-state index is -0.450. The number of benzene rings is 1. The number of aliphatic hydroxyl groups excluding tert-OH is 1. The predicted molar refractivity (Wildman–Crippen MR) is 82.0 cm³/mol. The van der Waals surface area contributed by atoms with Crippen molar-refractivity contribution >= 4 is 11.6 Å². The van der Waals surface area contributed by atoms with E-state index < -0.39 is 6.10 Å². The van der Waals surface area contributed by atoms with Gasteiger partial charge in [0.1, 0.15) is 5.69 Å². The lowest BCUT2D eigenvalue weighted by Gasteiger charge is -2.09. The fourth-order valence-electron chi connectivity index (χ4n) is 1.80. The average Bonchev–Trinajstić information content (AvgIpc) is 2.52. The molecule has 1 aromatic heterocycles. The topological polar surface area (TPSA) is 74.2 Å². The number of hydrogen-bond donors (Lipinski definition) is 3. The Balaban J connectivity index is 1.94. The highest BCUT2D eigenvalue weighted by atomic mass is 16.3. The molecule has 0 spiro atoms. The molecule has 1 heterocycles. The van der Waals surface area contributed by atoms with Crippen LogP contribution in [0.15, 0.2) is 48.7 Å². The van der Waals surface area contributed by atoms with Gasteiger partial charge in [0.2, 0.25) is 0 Å². The first-order valence-corrected chi connectivity index (χ1v) is 6.85. The van der Waals surface area contributed by atoms with Crippen molar-refractivity contribution in [3.8, 4) is 0 Å². The molecule has 0 unspecified atom stereocenters. The minimum Gasteiger partial charge on any atom is -0.392 e. The molecule has 0 radical (unpaired) electrons. The third-order valence-electron chi connectivity index (χ3n) is 2.89. The van der Waals surface area contributed by atoms with E-state index in [1.54, 1.807) is 25.3 Å². The van der Waals surface area contributed by atoms with Gasteiger partial charge >= 0.3 is 0 Å². The van der Waals surface area contributed by atoms with Crippen molar-refractivity contribution in [3.63, 3.8) is 0 Å². The monoisotopic (exact) mass is 285 g/mol. The van der Waals surface area contributed by atoms with Crippen LogP contribution in [-0.4, -0.2) is 28.6 Å². The number of aliphatic hydroxyl groups is 1. The van der Waals surface area contributed by atoms with Crippen LogP contribution in [0.3, 0.4) is 0 Å². The standard InChI is InChI=1S/C16H19N3O2/c1-12(20)10-18-14-7-8-17-15(9-14)16(21)19-11-13-5-3-2-4-6-13/h2-9,12,20H,10-11H2,1H3,(H,17,18)(H,19,21)/t12-/m0/s1. The van der Waals surface area contributed by atoms with Gasteiger partial charge in [0.25, 0.3) is 5.91 Å². The van der Waals surface area contributed by atoms with Gasteiger partial charge in [-0.2, -0.15) is 0 Å². The van der Waals surface area contributed by atoms with Crippen molar-refractivity contribution in [3.05, 3.63) is 59.9 Å². The van der Waals surface area contributed by atoms with Crippen LogP contribution in [0.25, 0.3) is 0 Å². The number of pyridine rings is 1. The molecule has 1 atom stereocenters. The lowest BCUT2D eigenvalue weighted by molar-refractivity contribution is 0.0946. The van der Waals surface area contributed by atoms with Gasteiger partial charge in [0.15, 0.2) is 0 Å². The largest absolute Gasteiger partial charge is 0.392 e. The highest BCUT2D eigenvalue weighted by molar-refractivity contribution is 5.93. The molecule has 1 aromatic carbocycles. The minimum absolute atomic E-state index is 0.223. The third kappa shape index (κ3) is 4.89. The van der Waals surface area contributed by atoms with Crippen LogP contribution in [0.1, 0.15) is 23.0 Å². The Kier molecular flexibility index (Phi) is 5.29. The number of rotatable bonds is 6. The molecule has 2 rings (SSSR count). The molecular formula is C16H19N3O2. The third-order valence-corrected chi connectivity index (χ3v) is 2.89. The van der Waals surface area contributed by atoms with E-state index in [4.69, 9.17) is 0 Å². The van der Waals surface area contributed by atoms with Crippen LogP contribution < -0.4 is 10.6 Å². The van der Waals surface area contributed by atoms with E-state index in [0.717, 1.165) is 11.3 Å². The Hall–Kier alpha value is -2.40. The van der Waals surface area contributed by atoms with Crippen molar-refractivity contribution in [2.75, 3.05) is 11.9 Å². The lowest BCUT2D eigenvalue weighted by atomic mass is 10.2. The Bertz CT molecular complexity index is 585. The van der Waals surface area contributed by atoms with E-state index in [1.165, 1.54) is 0 Å².